The molecular formula is C12H15BrO. The summed E-state index contributed by atoms with van der Waals surface area (Å²) in [6, 6.07) is 8.66. The number of hydrogen-bond donors (Lipinski definition) is 0. The van der Waals surface area contributed by atoms with E-state index in [1.807, 2.05) is 0 Å². The zero-order valence-electron chi connectivity index (χ0n) is 8.37. The molecule has 1 aromatic rings. The maximum atomic E-state index is 5.89. The van der Waals surface area contributed by atoms with E-state index in [9.17, 15) is 0 Å². The third-order valence-corrected chi connectivity index (χ3v) is 3.45. The first-order chi connectivity index (χ1) is 6.79. The van der Waals surface area contributed by atoms with Crippen LogP contribution in [-0.4, -0.2) is 11.4 Å². The van der Waals surface area contributed by atoms with E-state index in [0.29, 0.717) is 12.2 Å². The molecule has 1 saturated heterocycles. The predicted octanol–water partition coefficient (Wildman–Crippen LogP) is 3.61. The second-order valence-electron chi connectivity index (χ2n) is 3.89. The molecular weight excluding hydrogens is 240 g/mol. The number of rotatable bonds is 2. The van der Waals surface area contributed by atoms with E-state index < -0.39 is 0 Å². The van der Waals surface area contributed by atoms with Crippen LogP contribution in [0.3, 0.4) is 0 Å². The van der Waals surface area contributed by atoms with Gasteiger partial charge < -0.3 is 4.74 Å². The van der Waals surface area contributed by atoms with Crippen molar-refractivity contribution in [2.45, 2.75) is 32.0 Å². The SMILES string of the molecule is Cc1ccc([C@H]2CC[C@H](CBr)O2)cc1. The Morgan fingerprint density at radius 2 is 2.00 bits per heavy atom. The van der Waals surface area contributed by atoms with Gasteiger partial charge in [0.25, 0.3) is 0 Å². The first kappa shape index (κ1) is 10.2. The van der Waals surface area contributed by atoms with Crippen LogP contribution in [0.1, 0.15) is 30.1 Å². The van der Waals surface area contributed by atoms with Crippen LogP contribution in [0.4, 0.5) is 0 Å². The number of benzene rings is 1. The van der Waals surface area contributed by atoms with Crippen LogP contribution in [-0.2, 0) is 4.74 Å². The van der Waals surface area contributed by atoms with Crippen molar-refractivity contribution in [3.8, 4) is 0 Å². The molecule has 1 aromatic carbocycles. The van der Waals surface area contributed by atoms with E-state index in [1.54, 1.807) is 0 Å². The highest BCUT2D eigenvalue weighted by atomic mass is 79.9. The van der Waals surface area contributed by atoms with Crippen LogP contribution in [0.5, 0.6) is 0 Å². The van der Waals surface area contributed by atoms with Crippen molar-refractivity contribution >= 4 is 15.9 Å². The van der Waals surface area contributed by atoms with Crippen molar-refractivity contribution in [3.63, 3.8) is 0 Å². The van der Waals surface area contributed by atoms with E-state index >= 15 is 0 Å². The Morgan fingerprint density at radius 3 is 2.57 bits per heavy atom. The molecule has 0 bridgehead atoms. The van der Waals surface area contributed by atoms with Gasteiger partial charge in [-0.15, -0.1) is 0 Å². The summed E-state index contributed by atoms with van der Waals surface area (Å²) in [6.45, 7) is 2.11. The molecule has 0 aliphatic carbocycles. The minimum absolute atomic E-state index is 0.318. The number of ether oxygens (including phenoxy) is 1. The van der Waals surface area contributed by atoms with Gasteiger partial charge in [-0.1, -0.05) is 45.8 Å². The summed E-state index contributed by atoms with van der Waals surface area (Å²) in [5, 5.41) is 0.954. The molecule has 2 rings (SSSR count). The molecule has 14 heavy (non-hydrogen) atoms. The van der Waals surface area contributed by atoms with Gasteiger partial charge in [0.15, 0.2) is 0 Å². The normalized spacial score (nSPS) is 26.7. The second-order valence-corrected chi connectivity index (χ2v) is 4.54. The lowest BCUT2D eigenvalue weighted by atomic mass is 10.1. The zero-order chi connectivity index (χ0) is 9.97. The number of hydrogen-bond acceptors (Lipinski definition) is 1. The smallest absolute Gasteiger partial charge is 0.0830 e. The first-order valence-corrected chi connectivity index (χ1v) is 6.19. The van der Waals surface area contributed by atoms with Gasteiger partial charge in [-0.2, -0.15) is 0 Å². The van der Waals surface area contributed by atoms with Gasteiger partial charge in [-0.05, 0) is 25.3 Å². The standard InChI is InChI=1S/C12H15BrO/c1-9-2-4-10(5-3-9)12-7-6-11(8-13)14-12/h2-5,11-12H,6-8H2,1H3/t11-,12-/m1/s1. The summed E-state index contributed by atoms with van der Waals surface area (Å²) >= 11 is 3.46. The Labute approximate surface area is 93.6 Å². The fraction of sp³-hybridized carbons (Fsp3) is 0.500. The van der Waals surface area contributed by atoms with E-state index in [-0.39, 0.29) is 0 Å². The molecule has 0 amide bonds. The number of aryl methyl sites for hydroxylation is 1. The molecule has 1 nitrogen and oxygen atoms in total. The molecule has 0 saturated carbocycles. The van der Waals surface area contributed by atoms with E-state index in [0.717, 1.165) is 11.8 Å². The van der Waals surface area contributed by atoms with Crippen LogP contribution in [0.15, 0.2) is 24.3 Å². The quantitative estimate of drug-likeness (QED) is 0.733. The minimum Gasteiger partial charge on any atom is -0.369 e. The van der Waals surface area contributed by atoms with Crippen molar-refractivity contribution in [1.29, 1.82) is 0 Å². The molecule has 1 heterocycles. The van der Waals surface area contributed by atoms with Crippen LogP contribution in [0, 0.1) is 6.92 Å². The van der Waals surface area contributed by atoms with E-state index in [4.69, 9.17) is 4.74 Å². The van der Waals surface area contributed by atoms with Crippen LogP contribution < -0.4 is 0 Å². The molecule has 76 valence electrons. The molecule has 1 aliphatic heterocycles. The Kier molecular flexibility index (Phi) is 3.24. The van der Waals surface area contributed by atoms with Crippen LogP contribution >= 0.6 is 15.9 Å². The molecule has 0 unspecified atom stereocenters. The molecule has 1 fully saturated rings. The van der Waals surface area contributed by atoms with E-state index in [2.05, 4.69) is 47.1 Å². The molecule has 0 radical (unpaired) electrons. The monoisotopic (exact) mass is 254 g/mol. The lowest BCUT2D eigenvalue weighted by Crippen LogP contribution is -2.07. The van der Waals surface area contributed by atoms with Gasteiger partial charge in [0.1, 0.15) is 0 Å². The summed E-state index contributed by atoms with van der Waals surface area (Å²) < 4.78 is 5.89. The largest absolute Gasteiger partial charge is 0.369 e. The van der Waals surface area contributed by atoms with Gasteiger partial charge in [-0.3, -0.25) is 0 Å². The lowest BCUT2D eigenvalue weighted by Gasteiger charge is -2.12. The lowest BCUT2D eigenvalue weighted by molar-refractivity contribution is 0.0588. The maximum absolute atomic E-state index is 5.89. The molecule has 0 spiro atoms. The zero-order valence-corrected chi connectivity index (χ0v) is 9.96. The Hall–Kier alpha value is -0.340. The molecule has 0 aromatic heterocycles. The van der Waals surface area contributed by atoms with Gasteiger partial charge >= 0.3 is 0 Å². The van der Waals surface area contributed by atoms with E-state index in [1.165, 1.54) is 17.5 Å². The van der Waals surface area contributed by atoms with Gasteiger partial charge in [0.05, 0.1) is 12.2 Å². The van der Waals surface area contributed by atoms with Crippen molar-refractivity contribution in [1.82, 2.24) is 0 Å². The Morgan fingerprint density at radius 1 is 1.29 bits per heavy atom. The summed E-state index contributed by atoms with van der Waals surface area (Å²) in [5.41, 5.74) is 2.63. The molecule has 0 N–H and O–H groups in total. The van der Waals surface area contributed by atoms with Crippen molar-refractivity contribution in [2.24, 2.45) is 0 Å². The van der Waals surface area contributed by atoms with Crippen molar-refractivity contribution in [2.75, 3.05) is 5.33 Å². The number of halogens is 1. The average Bonchev–Trinajstić information content (AvgIpc) is 2.67. The highest BCUT2D eigenvalue weighted by Gasteiger charge is 2.25. The van der Waals surface area contributed by atoms with Crippen LogP contribution in [0.25, 0.3) is 0 Å². The third-order valence-electron chi connectivity index (χ3n) is 2.73. The van der Waals surface area contributed by atoms with Crippen LogP contribution in [0.2, 0.25) is 0 Å². The summed E-state index contributed by atoms with van der Waals surface area (Å²) in [7, 11) is 0. The predicted molar refractivity (Wildman–Crippen MR) is 61.8 cm³/mol. The summed E-state index contributed by atoms with van der Waals surface area (Å²) in [4.78, 5) is 0. The van der Waals surface area contributed by atoms with Gasteiger partial charge in [-0.25, -0.2) is 0 Å². The first-order valence-electron chi connectivity index (χ1n) is 5.07. The van der Waals surface area contributed by atoms with Gasteiger partial charge in [0.2, 0.25) is 0 Å². The van der Waals surface area contributed by atoms with Crippen molar-refractivity contribution < 1.29 is 4.74 Å². The Bertz CT molecular complexity index is 294. The second kappa shape index (κ2) is 4.45. The topological polar surface area (TPSA) is 9.23 Å². The molecule has 2 atom stereocenters. The third kappa shape index (κ3) is 2.18. The maximum Gasteiger partial charge on any atom is 0.0830 e. The van der Waals surface area contributed by atoms with Crippen molar-refractivity contribution in [3.05, 3.63) is 35.4 Å². The van der Waals surface area contributed by atoms with Gasteiger partial charge in [0, 0.05) is 5.33 Å². The minimum atomic E-state index is 0.318. The number of alkyl halides is 1. The summed E-state index contributed by atoms with van der Waals surface area (Å²) in [5.74, 6) is 0. The summed E-state index contributed by atoms with van der Waals surface area (Å²) in [6.07, 6.45) is 3.04. The highest BCUT2D eigenvalue weighted by molar-refractivity contribution is 9.09. The fourth-order valence-electron chi connectivity index (χ4n) is 1.85. The average molecular weight is 255 g/mol. The highest BCUT2D eigenvalue weighted by Crippen LogP contribution is 2.33. The fourth-order valence-corrected chi connectivity index (χ4v) is 2.32. The molecule has 1 aliphatic rings. The molecule has 2 heteroatoms. The Balaban J connectivity index is 2.06.